The summed E-state index contributed by atoms with van der Waals surface area (Å²) < 4.78 is 43.3. The highest BCUT2D eigenvalue weighted by atomic mass is 19.4. The topological polar surface area (TPSA) is 47.0 Å². The van der Waals surface area contributed by atoms with Gasteiger partial charge in [-0.1, -0.05) is 13.0 Å². The Labute approximate surface area is 116 Å². The quantitative estimate of drug-likeness (QED) is 0.586. The predicted molar refractivity (Wildman–Crippen MR) is 70.7 cm³/mol. The van der Waals surface area contributed by atoms with Gasteiger partial charge in [-0.2, -0.15) is 18.2 Å². The van der Waals surface area contributed by atoms with Crippen molar-refractivity contribution in [3.8, 4) is 5.88 Å². The molecule has 1 heterocycles. The van der Waals surface area contributed by atoms with Gasteiger partial charge in [-0.15, -0.1) is 6.58 Å². The van der Waals surface area contributed by atoms with E-state index in [2.05, 4.69) is 21.9 Å². The summed E-state index contributed by atoms with van der Waals surface area (Å²) in [6.07, 6.45) is -0.687. The molecule has 0 spiro atoms. The first-order valence-corrected chi connectivity index (χ1v) is 6.41. The van der Waals surface area contributed by atoms with Gasteiger partial charge >= 0.3 is 6.18 Å². The molecule has 0 aliphatic rings. The fourth-order valence-electron chi connectivity index (χ4n) is 1.37. The number of ether oxygens (including phenoxy) is 1. The summed E-state index contributed by atoms with van der Waals surface area (Å²) in [6.45, 7) is 6.29. The fourth-order valence-corrected chi connectivity index (χ4v) is 1.37. The van der Waals surface area contributed by atoms with E-state index in [-0.39, 0.29) is 18.3 Å². The van der Waals surface area contributed by atoms with E-state index in [1.165, 1.54) is 6.07 Å². The summed E-state index contributed by atoms with van der Waals surface area (Å²) in [6, 6.07) is 1.37. The lowest BCUT2D eigenvalue weighted by Gasteiger charge is -2.11. The maximum Gasteiger partial charge on any atom is 0.451 e. The van der Waals surface area contributed by atoms with Crippen LogP contribution in [0.15, 0.2) is 18.7 Å². The molecular weight excluding hydrogens is 271 g/mol. The lowest BCUT2D eigenvalue weighted by atomic mass is 10.3. The number of alkyl halides is 3. The Morgan fingerprint density at radius 2 is 2.15 bits per heavy atom. The number of allylic oxidation sites excluding steroid dienone is 1. The van der Waals surface area contributed by atoms with E-state index in [0.29, 0.717) is 13.0 Å². The highest BCUT2D eigenvalue weighted by Crippen LogP contribution is 2.28. The molecule has 0 aromatic carbocycles. The van der Waals surface area contributed by atoms with Crippen molar-refractivity contribution in [1.29, 1.82) is 0 Å². The maximum atomic E-state index is 12.7. The molecular formula is C13H18F3N3O. The number of hydrogen-bond donors (Lipinski definition) is 1. The van der Waals surface area contributed by atoms with Crippen LogP contribution in [-0.2, 0) is 6.18 Å². The number of hydrogen-bond acceptors (Lipinski definition) is 4. The van der Waals surface area contributed by atoms with Crippen molar-refractivity contribution in [3.63, 3.8) is 0 Å². The van der Waals surface area contributed by atoms with Crippen LogP contribution < -0.4 is 10.1 Å². The average Bonchev–Trinajstić information content (AvgIpc) is 2.40. The zero-order valence-electron chi connectivity index (χ0n) is 11.3. The van der Waals surface area contributed by atoms with Crippen molar-refractivity contribution in [2.45, 2.75) is 32.4 Å². The molecule has 0 aliphatic carbocycles. The van der Waals surface area contributed by atoms with Crippen LogP contribution in [0.2, 0.25) is 0 Å². The van der Waals surface area contributed by atoms with Crippen LogP contribution in [-0.4, -0.2) is 23.1 Å². The highest BCUT2D eigenvalue weighted by Gasteiger charge is 2.35. The molecule has 20 heavy (non-hydrogen) atoms. The van der Waals surface area contributed by atoms with Gasteiger partial charge in [0.05, 0.1) is 6.61 Å². The smallest absolute Gasteiger partial charge is 0.451 e. The molecule has 0 aliphatic heterocycles. The van der Waals surface area contributed by atoms with E-state index in [1.807, 2.05) is 6.92 Å². The largest absolute Gasteiger partial charge is 0.478 e. The lowest BCUT2D eigenvalue weighted by Crippen LogP contribution is -2.14. The molecule has 0 saturated heterocycles. The summed E-state index contributed by atoms with van der Waals surface area (Å²) in [5.74, 6) is -1.15. The Morgan fingerprint density at radius 1 is 1.40 bits per heavy atom. The molecule has 0 atom stereocenters. The molecule has 1 aromatic heterocycles. The van der Waals surface area contributed by atoms with Crippen LogP contribution >= 0.6 is 0 Å². The molecule has 4 nitrogen and oxygen atoms in total. The van der Waals surface area contributed by atoms with Gasteiger partial charge in [0.15, 0.2) is 0 Å². The number of halogens is 3. The Bertz CT molecular complexity index is 435. The van der Waals surface area contributed by atoms with Crippen LogP contribution in [0.3, 0.4) is 0 Å². The second-order valence-electron chi connectivity index (χ2n) is 4.12. The first kappa shape index (κ1) is 16.3. The SMILES string of the molecule is C=CCCCOc1cc(NCCC)nc(C(F)(F)F)n1. The summed E-state index contributed by atoms with van der Waals surface area (Å²) in [5, 5.41) is 2.80. The third-order valence-electron chi connectivity index (χ3n) is 2.31. The summed E-state index contributed by atoms with van der Waals surface area (Å²) in [5.41, 5.74) is 0. The van der Waals surface area contributed by atoms with Gasteiger partial charge in [0.1, 0.15) is 5.82 Å². The molecule has 1 rings (SSSR count). The number of nitrogens with zero attached hydrogens (tertiary/aromatic N) is 2. The Hall–Kier alpha value is -1.79. The molecule has 1 aromatic rings. The maximum absolute atomic E-state index is 12.7. The fraction of sp³-hybridized carbons (Fsp3) is 0.538. The number of unbranched alkanes of at least 4 members (excludes halogenated alkanes) is 1. The minimum Gasteiger partial charge on any atom is -0.478 e. The Kier molecular flexibility index (Phi) is 6.27. The Balaban J connectivity index is 2.83. The number of aromatic nitrogens is 2. The first-order valence-electron chi connectivity index (χ1n) is 6.41. The van der Waals surface area contributed by atoms with Gasteiger partial charge in [-0.05, 0) is 19.3 Å². The van der Waals surface area contributed by atoms with Crippen molar-refractivity contribution in [2.75, 3.05) is 18.5 Å². The van der Waals surface area contributed by atoms with Gasteiger partial charge in [0.25, 0.3) is 0 Å². The summed E-state index contributed by atoms with van der Waals surface area (Å²) in [7, 11) is 0. The van der Waals surface area contributed by atoms with Gasteiger partial charge in [-0.3, -0.25) is 0 Å². The van der Waals surface area contributed by atoms with E-state index in [0.717, 1.165) is 12.8 Å². The van der Waals surface area contributed by atoms with Crippen molar-refractivity contribution in [2.24, 2.45) is 0 Å². The zero-order chi connectivity index (χ0) is 15.0. The van der Waals surface area contributed by atoms with Gasteiger partial charge in [-0.25, -0.2) is 4.98 Å². The molecule has 0 radical (unpaired) electrons. The molecule has 112 valence electrons. The van der Waals surface area contributed by atoms with Crippen molar-refractivity contribution < 1.29 is 17.9 Å². The minimum absolute atomic E-state index is 0.0741. The number of anilines is 1. The van der Waals surface area contributed by atoms with Crippen LogP contribution in [0.5, 0.6) is 5.88 Å². The normalized spacial score (nSPS) is 11.2. The van der Waals surface area contributed by atoms with Crippen molar-refractivity contribution >= 4 is 5.82 Å². The predicted octanol–water partition coefficient (Wildman–Crippen LogP) is 3.66. The van der Waals surface area contributed by atoms with E-state index >= 15 is 0 Å². The molecule has 0 bridgehead atoms. The number of nitrogens with one attached hydrogen (secondary N) is 1. The molecule has 0 saturated carbocycles. The van der Waals surface area contributed by atoms with E-state index in [9.17, 15) is 13.2 Å². The van der Waals surface area contributed by atoms with E-state index in [1.54, 1.807) is 6.08 Å². The minimum atomic E-state index is -4.59. The summed E-state index contributed by atoms with van der Waals surface area (Å²) in [4.78, 5) is 6.83. The average molecular weight is 289 g/mol. The second kappa shape index (κ2) is 7.72. The van der Waals surface area contributed by atoms with Crippen molar-refractivity contribution in [1.82, 2.24) is 9.97 Å². The molecule has 0 unspecified atom stereocenters. The third-order valence-corrected chi connectivity index (χ3v) is 2.31. The number of rotatable bonds is 8. The van der Waals surface area contributed by atoms with Gasteiger partial charge in [0, 0.05) is 12.6 Å². The lowest BCUT2D eigenvalue weighted by molar-refractivity contribution is -0.145. The molecule has 1 N–H and O–H groups in total. The zero-order valence-corrected chi connectivity index (χ0v) is 11.3. The van der Waals surface area contributed by atoms with Crippen molar-refractivity contribution in [3.05, 3.63) is 24.5 Å². The molecule has 7 heteroatoms. The summed E-state index contributed by atoms with van der Waals surface area (Å²) >= 11 is 0. The van der Waals surface area contributed by atoms with Gasteiger partial charge in [0.2, 0.25) is 11.7 Å². The monoisotopic (exact) mass is 289 g/mol. The van der Waals surface area contributed by atoms with Crippen LogP contribution in [0.4, 0.5) is 19.0 Å². The van der Waals surface area contributed by atoms with Gasteiger partial charge < -0.3 is 10.1 Å². The van der Waals surface area contributed by atoms with E-state index < -0.39 is 12.0 Å². The molecule has 0 fully saturated rings. The second-order valence-corrected chi connectivity index (χ2v) is 4.12. The molecule has 0 amide bonds. The first-order chi connectivity index (χ1) is 9.47. The third kappa shape index (κ3) is 5.46. The van der Waals surface area contributed by atoms with Crippen LogP contribution in [0, 0.1) is 0 Å². The van der Waals surface area contributed by atoms with Crippen LogP contribution in [0.25, 0.3) is 0 Å². The highest BCUT2D eigenvalue weighted by molar-refractivity contribution is 5.38. The standard InChI is InChI=1S/C13H18F3N3O/c1-3-5-6-8-20-11-9-10(17-7-4-2)18-12(19-11)13(14,15)16/h3,9H,1,4-8H2,2H3,(H,17,18,19). The van der Waals surface area contributed by atoms with Crippen LogP contribution in [0.1, 0.15) is 32.0 Å². The van der Waals surface area contributed by atoms with E-state index in [4.69, 9.17) is 4.74 Å². The Morgan fingerprint density at radius 3 is 2.75 bits per heavy atom.